The summed E-state index contributed by atoms with van der Waals surface area (Å²) in [6.07, 6.45) is 1.41. The zero-order valence-corrected chi connectivity index (χ0v) is 18.9. The largest absolute Gasteiger partial charge is 0.487 e. The van der Waals surface area contributed by atoms with Crippen LogP contribution in [0.3, 0.4) is 0 Å². The molecule has 0 aromatic heterocycles. The van der Waals surface area contributed by atoms with Crippen LogP contribution in [0, 0.1) is 11.3 Å². The number of carbonyl (C=O) groups excluding carboxylic acids is 1. The second-order valence-electron chi connectivity index (χ2n) is 6.30. The molecule has 0 atom stereocenters. The summed E-state index contributed by atoms with van der Waals surface area (Å²) in [5.74, 6) is -0.172. The number of anilines is 1. The van der Waals surface area contributed by atoms with Crippen LogP contribution in [-0.2, 0) is 11.4 Å². The van der Waals surface area contributed by atoms with Crippen molar-refractivity contribution in [3.8, 4) is 11.8 Å². The van der Waals surface area contributed by atoms with Gasteiger partial charge in [0, 0.05) is 10.6 Å². The van der Waals surface area contributed by atoms with Gasteiger partial charge in [-0.3, -0.25) is 4.79 Å². The fourth-order valence-corrected chi connectivity index (χ4v) is 3.38. The Hall–Kier alpha value is -2.68. The normalized spacial score (nSPS) is 11.0. The van der Waals surface area contributed by atoms with Gasteiger partial charge in [-0.15, -0.1) is 0 Å². The van der Waals surface area contributed by atoms with Crippen molar-refractivity contribution in [1.29, 1.82) is 5.26 Å². The SMILES string of the molecule is N#C/C(=C\c1ccc(OCc2ccccc2Cl)c(Cl)c1)C(=O)Nc1cccc(Cl)c1Cl. The lowest BCUT2D eigenvalue weighted by Crippen LogP contribution is -2.13. The molecule has 0 aliphatic rings. The molecule has 3 rings (SSSR count). The summed E-state index contributed by atoms with van der Waals surface area (Å²) in [4.78, 5) is 12.5. The summed E-state index contributed by atoms with van der Waals surface area (Å²) in [6.45, 7) is 0.251. The lowest BCUT2D eigenvalue weighted by molar-refractivity contribution is -0.112. The lowest BCUT2D eigenvalue weighted by Gasteiger charge is -2.10. The Labute approximate surface area is 199 Å². The first-order valence-electron chi connectivity index (χ1n) is 8.92. The molecule has 3 aromatic carbocycles. The number of benzene rings is 3. The van der Waals surface area contributed by atoms with Gasteiger partial charge in [-0.2, -0.15) is 5.26 Å². The molecule has 3 aromatic rings. The van der Waals surface area contributed by atoms with Crippen LogP contribution in [0.5, 0.6) is 5.75 Å². The van der Waals surface area contributed by atoms with Crippen molar-refractivity contribution < 1.29 is 9.53 Å². The fraction of sp³-hybridized carbons (Fsp3) is 0.0435. The Balaban J connectivity index is 1.74. The third-order valence-electron chi connectivity index (χ3n) is 4.17. The van der Waals surface area contributed by atoms with E-state index in [9.17, 15) is 10.1 Å². The number of hydrogen-bond donors (Lipinski definition) is 1. The summed E-state index contributed by atoms with van der Waals surface area (Å²) in [7, 11) is 0. The molecule has 8 heteroatoms. The van der Waals surface area contributed by atoms with E-state index in [1.54, 1.807) is 42.5 Å². The molecular weight excluding hydrogens is 478 g/mol. The summed E-state index contributed by atoms with van der Waals surface area (Å²) in [6, 6.07) is 19.0. The van der Waals surface area contributed by atoms with Gasteiger partial charge in [0.05, 0.1) is 20.8 Å². The van der Waals surface area contributed by atoms with E-state index in [4.69, 9.17) is 51.1 Å². The van der Waals surface area contributed by atoms with Crippen LogP contribution in [0.2, 0.25) is 20.1 Å². The van der Waals surface area contributed by atoms with Crippen LogP contribution in [0.4, 0.5) is 5.69 Å². The molecule has 0 saturated carbocycles. The molecule has 0 radical (unpaired) electrons. The Morgan fingerprint density at radius 1 is 0.968 bits per heavy atom. The standard InChI is InChI=1S/C23H14Cl4N2O2/c24-17-5-2-1-4-15(17)13-31-21-9-8-14(11-19(21)26)10-16(12-28)23(30)29-20-7-3-6-18(25)22(20)27/h1-11H,13H2,(H,29,30)/b16-10+. The maximum atomic E-state index is 12.5. The molecule has 31 heavy (non-hydrogen) atoms. The first-order chi connectivity index (χ1) is 14.9. The molecule has 0 aliphatic heterocycles. The number of halogens is 4. The Morgan fingerprint density at radius 3 is 2.42 bits per heavy atom. The van der Waals surface area contributed by atoms with Crippen LogP contribution >= 0.6 is 46.4 Å². The number of rotatable bonds is 6. The number of nitriles is 1. The number of carbonyl (C=O) groups is 1. The average Bonchev–Trinajstić information content (AvgIpc) is 2.75. The van der Waals surface area contributed by atoms with Crippen molar-refractivity contribution in [2.75, 3.05) is 5.32 Å². The van der Waals surface area contributed by atoms with Crippen LogP contribution < -0.4 is 10.1 Å². The molecule has 0 bridgehead atoms. The van der Waals surface area contributed by atoms with Crippen molar-refractivity contribution >= 4 is 64.1 Å². The molecule has 0 heterocycles. The van der Waals surface area contributed by atoms with Crippen molar-refractivity contribution in [1.82, 2.24) is 0 Å². The van der Waals surface area contributed by atoms with Gasteiger partial charge in [-0.25, -0.2) is 0 Å². The highest BCUT2D eigenvalue weighted by atomic mass is 35.5. The number of hydrogen-bond acceptors (Lipinski definition) is 3. The van der Waals surface area contributed by atoms with Crippen LogP contribution in [0.15, 0.2) is 66.2 Å². The van der Waals surface area contributed by atoms with E-state index >= 15 is 0 Å². The lowest BCUT2D eigenvalue weighted by atomic mass is 10.1. The maximum absolute atomic E-state index is 12.5. The average molecular weight is 492 g/mol. The molecule has 0 saturated heterocycles. The second kappa shape index (κ2) is 10.6. The minimum atomic E-state index is -0.623. The van der Waals surface area contributed by atoms with Crippen molar-refractivity contribution in [3.05, 3.63) is 97.5 Å². The van der Waals surface area contributed by atoms with Gasteiger partial charge >= 0.3 is 0 Å². The van der Waals surface area contributed by atoms with E-state index in [1.807, 2.05) is 24.3 Å². The van der Waals surface area contributed by atoms with Gasteiger partial charge in [0.2, 0.25) is 0 Å². The van der Waals surface area contributed by atoms with Crippen molar-refractivity contribution in [2.24, 2.45) is 0 Å². The third-order valence-corrected chi connectivity index (χ3v) is 5.66. The molecule has 0 unspecified atom stereocenters. The second-order valence-corrected chi connectivity index (χ2v) is 7.89. The molecule has 156 valence electrons. The molecule has 0 spiro atoms. The Bertz CT molecular complexity index is 1200. The molecule has 0 aliphatic carbocycles. The Kier molecular flexibility index (Phi) is 7.84. The van der Waals surface area contributed by atoms with E-state index < -0.39 is 5.91 Å². The van der Waals surface area contributed by atoms with E-state index in [-0.39, 0.29) is 17.2 Å². The number of amides is 1. The minimum absolute atomic E-state index is 0.128. The third kappa shape index (κ3) is 5.94. The highest BCUT2D eigenvalue weighted by Crippen LogP contribution is 2.30. The maximum Gasteiger partial charge on any atom is 0.266 e. The summed E-state index contributed by atoms with van der Waals surface area (Å²) < 4.78 is 5.73. The number of nitrogens with zero attached hydrogens (tertiary/aromatic N) is 1. The topological polar surface area (TPSA) is 62.1 Å². The van der Waals surface area contributed by atoms with Gasteiger partial charge in [0.15, 0.2) is 0 Å². The highest BCUT2D eigenvalue weighted by molar-refractivity contribution is 6.44. The van der Waals surface area contributed by atoms with Crippen molar-refractivity contribution in [2.45, 2.75) is 6.61 Å². The minimum Gasteiger partial charge on any atom is -0.487 e. The van der Waals surface area contributed by atoms with Gasteiger partial charge in [0.25, 0.3) is 5.91 Å². The predicted molar refractivity (Wildman–Crippen MR) is 126 cm³/mol. The highest BCUT2D eigenvalue weighted by Gasteiger charge is 2.13. The summed E-state index contributed by atoms with van der Waals surface area (Å²) in [5, 5.41) is 13.4. The fourth-order valence-electron chi connectivity index (χ4n) is 2.60. The monoisotopic (exact) mass is 490 g/mol. The summed E-state index contributed by atoms with van der Waals surface area (Å²) >= 11 is 24.5. The first-order valence-corrected chi connectivity index (χ1v) is 10.4. The molecule has 1 amide bonds. The van der Waals surface area contributed by atoms with Crippen molar-refractivity contribution in [3.63, 3.8) is 0 Å². The van der Waals surface area contributed by atoms with Gasteiger partial charge in [-0.1, -0.05) is 76.7 Å². The molecule has 0 fully saturated rings. The van der Waals surface area contributed by atoms with Crippen LogP contribution in [-0.4, -0.2) is 5.91 Å². The smallest absolute Gasteiger partial charge is 0.266 e. The number of ether oxygens (including phenoxy) is 1. The van der Waals surface area contributed by atoms with Crippen LogP contribution in [0.1, 0.15) is 11.1 Å². The first kappa shape index (κ1) is 23.0. The summed E-state index contributed by atoms with van der Waals surface area (Å²) in [5.41, 5.74) is 1.56. The zero-order chi connectivity index (χ0) is 22.4. The van der Waals surface area contributed by atoms with Gasteiger partial charge < -0.3 is 10.1 Å². The molecule has 1 N–H and O–H groups in total. The van der Waals surface area contributed by atoms with E-state index in [1.165, 1.54) is 6.08 Å². The van der Waals surface area contributed by atoms with E-state index in [0.29, 0.717) is 32.1 Å². The predicted octanol–water partition coefficient (Wildman–Crippen LogP) is 7.42. The van der Waals surface area contributed by atoms with Crippen LogP contribution in [0.25, 0.3) is 6.08 Å². The molecular formula is C23H14Cl4N2O2. The molecule has 4 nitrogen and oxygen atoms in total. The van der Waals surface area contributed by atoms with Gasteiger partial charge in [0.1, 0.15) is 24.0 Å². The number of nitrogens with one attached hydrogen (secondary N) is 1. The van der Waals surface area contributed by atoms with E-state index in [0.717, 1.165) is 5.56 Å². The zero-order valence-electron chi connectivity index (χ0n) is 15.8. The quantitative estimate of drug-likeness (QED) is 0.288. The Morgan fingerprint density at radius 2 is 1.71 bits per heavy atom. The van der Waals surface area contributed by atoms with Gasteiger partial charge in [-0.05, 0) is 42.0 Å². The van der Waals surface area contributed by atoms with E-state index in [2.05, 4.69) is 5.32 Å².